The normalized spacial score (nSPS) is 17.6. The van der Waals surface area contributed by atoms with Gasteiger partial charge in [-0.1, -0.05) is 23.7 Å². The third kappa shape index (κ3) is 5.82. The molecule has 27 heavy (non-hydrogen) atoms. The molecule has 1 aliphatic heterocycles. The SMILES string of the molecule is CC(C)(C)OC(=O)N1CCOC(c2ccc(NCc3cnc(Cl)s3)cc2)C1. The first kappa shape index (κ1) is 19.9. The van der Waals surface area contributed by atoms with Gasteiger partial charge in [0.15, 0.2) is 4.47 Å². The van der Waals surface area contributed by atoms with Gasteiger partial charge in [0, 0.05) is 23.3 Å². The molecule has 0 saturated carbocycles. The smallest absolute Gasteiger partial charge is 0.410 e. The van der Waals surface area contributed by atoms with Crippen molar-refractivity contribution in [2.75, 3.05) is 25.0 Å². The van der Waals surface area contributed by atoms with Crippen LogP contribution in [0.1, 0.15) is 37.3 Å². The number of nitrogens with one attached hydrogen (secondary N) is 1. The monoisotopic (exact) mass is 409 g/mol. The van der Waals surface area contributed by atoms with E-state index >= 15 is 0 Å². The van der Waals surface area contributed by atoms with E-state index in [4.69, 9.17) is 21.1 Å². The molecule has 146 valence electrons. The first-order valence-corrected chi connectivity index (χ1v) is 10.0. The summed E-state index contributed by atoms with van der Waals surface area (Å²) in [6.07, 6.45) is 1.33. The Morgan fingerprint density at radius 2 is 2.15 bits per heavy atom. The number of benzene rings is 1. The number of hydrogen-bond donors (Lipinski definition) is 1. The summed E-state index contributed by atoms with van der Waals surface area (Å²) in [5.41, 5.74) is 1.54. The number of carbonyl (C=O) groups is 1. The Hall–Kier alpha value is -1.83. The minimum absolute atomic E-state index is 0.152. The summed E-state index contributed by atoms with van der Waals surface area (Å²) in [7, 11) is 0. The van der Waals surface area contributed by atoms with Gasteiger partial charge in [-0.15, -0.1) is 11.3 Å². The lowest BCUT2D eigenvalue weighted by Crippen LogP contribution is -2.44. The summed E-state index contributed by atoms with van der Waals surface area (Å²) in [5.74, 6) is 0. The first-order valence-electron chi connectivity index (χ1n) is 8.84. The fourth-order valence-corrected chi connectivity index (χ4v) is 3.63. The van der Waals surface area contributed by atoms with E-state index in [2.05, 4.69) is 10.3 Å². The number of hydrogen-bond acceptors (Lipinski definition) is 6. The highest BCUT2D eigenvalue weighted by molar-refractivity contribution is 7.15. The zero-order valence-electron chi connectivity index (χ0n) is 15.7. The Morgan fingerprint density at radius 1 is 1.41 bits per heavy atom. The van der Waals surface area contributed by atoms with Crippen LogP contribution in [0, 0.1) is 0 Å². The molecule has 1 aromatic heterocycles. The van der Waals surface area contributed by atoms with E-state index in [9.17, 15) is 4.79 Å². The summed E-state index contributed by atoms with van der Waals surface area (Å²) < 4.78 is 11.9. The van der Waals surface area contributed by atoms with Crippen molar-refractivity contribution in [3.8, 4) is 0 Å². The number of rotatable bonds is 4. The second kappa shape index (κ2) is 8.46. The van der Waals surface area contributed by atoms with E-state index in [-0.39, 0.29) is 12.2 Å². The molecule has 1 atom stereocenters. The van der Waals surface area contributed by atoms with Crippen molar-refractivity contribution in [3.05, 3.63) is 45.4 Å². The van der Waals surface area contributed by atoms with Crippen LogP contribution >= 0.6 is 22.9 Å². The topological polar surface area (TPSA) is 63.7 Å². The molecule has 0 radical (unpaired) electrons. The molecule has 3 rings (SSSR count). The molecular formula is C19H24ClN3O3S. The standard InChI is InChI=1S/C19H24ClN3O3S/c1-19(2,3)26-18(24)23-8-9-25-16(12-23)13-4-6-14(7-5-13)21-10-15-11-22-17(20)27-15/h4-7,11,16,21H,8-10,12H2,1-3H3. The molecule has 1 fully saturated rings. The maximum atomic E-state index is 12.3. The molecule has 0 aliphatic carbocycles. The van der Waals surface area contributed by atoms with E-state index in [1.165, 1.54) is 11.3 Å². The lowest BCUT2D eigenvalue weighted by Gasteiger charge is -2.34. The van der Waals surface area contributed by atoms with E-state index in [0.717, 1.165) is 16.1 Å². The van der Waals surface area contributed by atoms with E-state index in [1.807, 2.05) is 45.0 Å². The molecule has 1 amide bonds. The van der Waals surface area contributed by atoms with Gasteiger partial charge in [-0.2, -0.15) is 0 Å². The van der Waals surface area contributed by atoms with Crippen LogP contribution in [-0.4, -0.2) is 41.3 Å². The molecule has 6 nitrogen and oxygen atoms in total. The summed E-state index contributed by atoms with van der Waals surface area (Å²) in [6.45, 7) is 7.81. The van der Waals surface area contributed by atoms with Crippen molar-refractivity contribution in [2.45, 2.75) is 39.0 Å². The zero-order valence-corrected chi connectivity index (χ0v) is 17.3. The molecule has 2 heterocycles. The van der Waals surface area contributed by atoms with Crippen LogP contribution in [0.2, 0.25) is 4.47 Å². The predicted molar refractivity (Wildman–Crippen MR) is 107 cm³/mol. The second-order valence-corrected chi connectivity index (χ2v) is 9.04. The molecular weight excluding hydrogens is 386 g/mol. The van der Waals surface area contributed by atoms with Gasteiger partial charge in [0.2, 0.25) is 0 Å². The molecule has 1 N–H and O–H groups in total. The van der Waals surface area contributed by atoms with Crippen LogP contribution in [-0.2, 0) is 16.0 Å². The minimum Gasteiger partial charge on any atom is -0.444 e. The Bertz CT molecular complexity index is 773. The second-order valence-electron chi connectivity index (χ2n) is 7.34. The van der Waals surface area contributed by atoms with Crippen molar-refractivity contribution in [3.63, 3.8) is 0 Å². The Balaban J connectivity index is 1.56. The number of carbonyl (C=O) groups excluding carboxylic acids is 1. The van der Waals surface area contributed by atoms with Crippen LogP contribution in [0.4, 0.5) is 10.5 Å². The number of morpholine rings is 1. The highest BCUT2D eigenvalue weighted by Gasteiger charge is 2.28. The van der Waals surface area contributed by atoms with Gasteiger partial charge in [0.1, 0.15) is 11.7 Å². The molecule has 0 spiro atoms. The lowest BCUT2D eigenvalue weighted by molar-refractivity contribution is -0.0432. The third-order valence-corrected chi connectivity index (χ3v) is 5.11. The third-order valence-electron chi connectivity index (χ3n) is 3.99. The van der Waals surface area contributed by atoms with Crippen LogP contribution in [0.25, 0.3) is 0 Å². The Kier molecular flexibility index (Phi) is 6.24. The first-order chi connectivity index (χ1) is 12.8. The number of aromatic nitrogens is 1. The van der Waals surface area contributed by atoms with Crippen LogP contribution in [0.15, 0.2) is 30.5 Å². The van der Waals surface area contributed by atoms with E-state index < -0.39 is 5.60 Å². The molecule has 2 aromatic rings. The van der Waals surface area contributed by atoms with Gasteiger partial charge in [-0.05, 0) is 38.5 Å². The summed E-state index contributed by atoms with van der Waals surface area (Å²) in [4.78, 5) is 19.1. The Labute approximate surface area is 168 Å². The van der Waals surface area contributed by atoms with E-state index in [1.54, 1.807) is 11.1 Å². The number of anilines is 1. The van der Waals surface area contributed by atoms with Crippen molar-refractivity contribution >= 4 is 34.7 Å². The predicted octanol–water partition coefficient (Wildman–Crippen LogP) is 4.72. The largest absolute Gasteiger partial charge is 0.444 e. The zero-order chi connectivity index (χ0) is 19.4. The molecule has 0 bridgehead atoms. The Morgan fingerprint density at radius 3 is 2.78 bits per heavy atom. The fraction of sp³-hybridized carbons (Fsp3) is 0.474. The molecule has 1 saturated heterocycles. The van der Waals surface area contributed by atoms with Gasteiger partial charge in [0.25, 0.3) is 0 Å². The molecule has 8 heteroatoms. The maximum Gasteiger partial charge on any atom is 0.410 e. The molecule has 1 aliphatic rings. The quantitative estimate of drug-likeness (QED) is 0.791. The number of thiazole rings is 1. The van der Waals surface area contributed by atoms with Crippen LogP contribution in [0.5, 0.6) is 0 Å². The summed E-state index contributed by atoms with van der Waals surface area (Å²) >= 11 is 7.31. The molecule has 1 unspecified atom stereocenters. The highest BCUT2D eigenvalue weighted by Crippen LogP contribution is 2.25. The highest BCUT2D eigenvalue weighted by atomic mass is 35.5. The number of nitrogens with zero attached hydrogens (tertiary/aromatic N) is 2. The average Bonchev–Trinajstić information content (AvgIpc) is 3.04. The average molecular weight is 410 g/mol. The van der Waals surface area contributed by atoms with Crippen molar-refractivity contribution < 1.29 is 14.3 Å². The van der Waals surface area contributed by atoms with Crippen molar-refractivity contribution in [1.82, 2.24) is 9.88 Å². The number of amides is 1. The van der Waals surface area contributed by atoms with Crippen molar-refractivity contribution in [1.29, 1.82) is 0 Å². The molecule has 1 aromatic carbocycles. The number of ether oxygens (including phenoxy) is 2. The van der Waals surface area contributed by atoms with Gasteiger partial charge in [-0.25, -0.2) is 9.78 Å². The number of halogens is 1. The van der Waals surface area contributed by atoms with Gasteiger partial charge >= 0.3 is 6.09 Å². The summed E-state index contributed by atoms with van der Waals surface area (Å²) in [6, 6.07) is 8.05. The lowest BCUT2D eigenvalue weighted by atomic mass is 10.1. The van der Waals surface area contributed by atoms with Crippen LogP contribution in [0.3, 0.4) is 0 Å². The van der Waals surface area contributed by atoms with Crippen LogP contribution < -0.4 is 5.32 Å². The van der Waals surface area contributed by atoms with Gasteiger partial charge in [0.05, 0.1) is 19.7 Å². The maximum absolute atomic E-state index is 12.3. The van der Waals surface area contributed by atoms with Gasteiger partial charge < -0.3 is 19.7 Å². The summed E-state index contributed by atoms with van der Waals surface area (Å²) in [5, 5.41) is 3.34. The fourth-order valence-electron chi connectivity index (χ4n) is 2.71. The van der Waals surface area contributed by atoms with E-state index in [0.29, 0.717) is 30.7 Å². The van der Waals surface area contributed by atoms with Gasteiger partial charge in [-0.3, -0.25) is 0 Å². The van der Waals surface area contributed by atoms with Crippen molar-refractivity contribution in [2.24, 2.45) is 0 Å². The minimum atomic E-state index is -0.499.